The second-order valence-electron chi connectivity index (χ2n) is 6.44. The Labute approximate surface area is 164 Å². The Hall–Kier alpha value is -0.410. The fourth-order valence-electron chi connectivity index (χ4n) is 4.15. The molecule has 1 atom stereocenters. The zero-order valence-corrected chi connectivity index (χ0v) is 16.9. The van der Waals surface area contributed by atoms with E-state index >= 15 is 0 Å². The number of benzene rings is 1. The molecule has 0 radical (unpaired) electrons. The van der Waals surface area contributed by atoms with Crippen LogP contribution in [0.25, 0.3) is 10.9 Å². The van der Waals surface area contributed by atoms with Crippen molar-refractivity contribution < 1.29 is 48.0 Å². The monoisotopic (exact) mass is 360 g/mol. The minimum atomic E-state index is -4.23. The van der Waals surface area contributed by atoms with Gasteiger partial charge in [0.1, 0.15) is 10.1 Å². The van der Waals surface area contributed by atoms with E-state index in [1.807, 2.05) is 4.90 Å². The maximum absolute atomic E-state index is 11.2. The largest absolute Gasteiger partial charge is 1.00 e. The Morgan fingerprint density at radius 1 is 1.29 bits per heavy atom. The van der Waals surface area contributed by atoms with Crippen molar-refractivity contribution in [3.05, 3.63) is 35.0 Å². The first-order valence-electron chi connectivity index (χ1n) is 7.73. The molecular formula is C16H21N2NaO4S. The Morgan fingerprint density at radius 3 is 2.75 bits per heavy atom. The van der Waals surface area contributed by atoms with Crippen LogP contribution in [-0.4, -0.2) is 40.3 Å². The average molecular weight is 360 g/mol. The summed E-state index contributed by atoms with van der Waals surface area (Å²) >= 11 is 0. The quantitative estimate of drug-likeness (QED) is 0.472. The van der Waals surface area contributed by atoms with Gasteiger partial charge in [0.15, 0.2) is 0 Å². The molecule has 2 heterocycles. The summed E-state index contributed by atoms with van der Waals surface area (Å²) < 4.78 is 35.9. The fourth-order valence-corrected chi connectivity index (χ4v) is 4.86. The van der Waals surface area contributed by atoms with Crippen molar-refractivity contribution in [2.24, 2.45) is 0 Å². The summed E-state index contributed by atoms with van der Waals surface area (Å²) in [6, 6.07) is 6.59. The SMILES string of the molecule is Cc1ccc2c(c1)c1c3n2CCN(CS(=O)(=O)[O-])C3CCC1.O.[Na+]. The zero-order chi connectivity index (χ0) is 15.5. The number of aromatic nitrogens is 1. The van der Waals surface area contributed by atoms with Crippen molar-refractivity contribution in [1.82, 2.24) is 9.47 Å². The van der Waals surface area contributed by atoms with Crippen molar-refractivity contribution >= 4 is 21.0 Å². The van der Waals surface area contributed by atoms with Gasteiger partial charge in [-0.25, -0.2) is 8.42 Å². The first kappa shape index (κ1) is 19.9. The van der Waals surface area contributed by atoms with Crippen LogP contribution >= 0.6 is 0 Å². The van der Waals surface area contributed by atoms with Crippen LogP contribution in [0.4, 0.5) is 0 Å². The maximum Gasteiger partial charge on any atom is 1.00 e. The Balaban J connectivity index is 0.00000104. The molecular weight excluding hydrogens is 339 g/mol. The molecule has 2 N–H and O–H groups in total. The number of rotatable bonds is 2. The molecule has 0 saturated carbocycles. The van der Waals surface area contributed by atoms with Gasteiger partial charge in [0.2, 0.25) is 0 Å². The molecule has 0 bridgehead atoms. The standard InChI is InChI=1S/C16H20N2O3S.Na.H2O/c1-11-5-6-14-13(9-11)12-3-2-4-15-16(12)18(14)8-7-17(15)10-22(19,20)21;;/h5-6,9,15H,2-4,7-8,10H2,1H3,(H,19,20,21);;1H2/q;+1;/p-1. The maximum atomic E-state index is 11.2. The molecule has 1 aromatic heterocycles. The summed E-state index contributed by atoms with van der Waals surface area (Å²) in [4.78, 5) is 1.85. The zero-order valence-electron chi connectivity index (χ0n) is 14.1. The molecule has 0 amide bonds. The summed E-state index contributed by atoms with van der Waals surface area (Å²) in [7, 11) is -4.23. The van der Waals surface area contributed by atoms with Gasteiger partial charge in [0.25, 0.3) is 0 Å². The molecule has 2 aliphatic rings. The Morgan fingerprint density at radius 2 is 2.04 bits per heavy atom. The molecule has 4 rings (SSSR count). The Bertz CT molecular complexity index is 863. The van der Waals surface area contributed by atoms with Crippen LogP contribution in [0.5, 0.6) is 0 Å². The first-order valence-corrected chi connectivity index (χ1v) is 9.31. The van der Waals surface area contributed by atoms with Gasteiger partial charge >= 0.3 is 29.6 Å². The predicted octanol–water partition coefficient (Wildman–Crippen LogP) is -1.68. The van der Waals surface area contributed by atoms with Gasteiger partial charge in [0, 0.05) is 29.7 Å². The summed E-state index contributed by atoms with van der Waals surface area (Å²) in [6.45, 7) is 3.47. The second-order valence-corrected chi connectivity index (χ2v) is 7.82. The van der Waals surface area contributed by atoms with Gasteiger partial charge in [-0.2, -0.15) is 0 Å². The van der Waals surface area contributed by atoms with Gasteiger partial charge in [-0.3, -0.25) is 4.90 Å². The van der Waals surface area contributed by atoms with Crippen molar-refractivity contribution in [3.63, 3.8) is 0 Å². The van der Waals surface area contributed by atoms with Crippen molar-refractivity contribution in [3.8, 4) is 0 Å². The van der Waals surface area contributed by atoms with Crippen LogP contribution in [0.3, 0.4) is 0 Å². The van der Waals surface area contributed by atoms with E-state index in [4.69, 9.17) is 0 Å². The molecule has 1 aromatic carbocycles. The third-order valence-electron chi connectivity index (χ3n) is 4.96. The van der Waals surface area contributed by atoms with Gasteiger partial charge in [-0.1, -0.05) is 11.6 Å². The van der Waals surface area contributed by atoms with Crippen LogP contribution in [0, 0.1) is 6.92 Å². The number of hydrogen-bond acceptors (Lipinski definition) is 4. The molecule has 0 spiro atoms. The molecule has 0 fully saturated rings. The van der Waals surface area contributed by atoms with Crippen LogP contribution in [0.1, 0.15) is 35.7 Å². The summed E-state index contributed by atoms with van der Waals surface area (Å²) in [5, 5.41) is 1.30. The van der Waals surface area contributed by atoms with Crippen molar-refractivity contribution in [2.75, 3.05) is 12.4 Å². The van der Waals surface area contributed by atoms with E-state index in [1.54, 1.807) is 0 Å². The van der Waals surface area contributed by atoms with Crippen LogP contribution in [0.2, 0.25) is 0 Å². The normalized spacial score (nSPS) is 20.2. The minimum Gasteiger partial charge on any atom is -0.747 e. The van der Waals surface area contributed by atoms with Gasteiger partial charge in [0.05, 0.1) is 11.9 Å². The summed E-state index contributed by atoms with van der Waals surface area (Å²) in [5.74, 6) is -0.377. The number of fused-ring (bicyclic) bond motifs is 3. The molecule has 24 heavy (non-hydrogen) atoms. The van der Waals surface area contributed by atoms with E-state index in [-0.39, 0.29) is 47.0 Å². The topological polar surface area (TPSA) is 96.9 Å². The van der Waals surface area contributed by atoms with Crippen LogP contribution < -0.4 is 29.6 Å². The molecule has 6 nitrogen and oxygen atoms in total. The first-order chi connectivity index (χ1) is 10.4. The summed E-state index contributed by atoms with van der Waals surface area (Å²) in [5.41, 5.74) is 5.07. The number of nitrogens with zero attached hydrogens (tertiary/aromatic N) is 2. The second kappa shape index (κ2) is 7.07. The van der Waals surface area contributed by atoms with Crippen LogP contribution in [0.15, 0.2) is 18.2 Å². The number of hydrogen-bond donors (Lipinski definition) is 0. The van der Waals surface area contributed by atoms with Crippen LogP contribution in [-0.2, 0) is 23.1 Å². The molecule has 1 aliphatic carbocycles. The van der Waals surface area contributed by atoms with Crippen molar-refractivity contribution in [2.45, 2.75) is 38.8 Å². The van der Waals surface area contributed by atoms with E-state index in [0.29, 0.717) is 6.54 Å². The third-order valence-corrected chi connectivity index (χ3v) is 5.61. The molecule has 126 valence electrons. The van der Waals surface area contributed by atoms with E-state index in [1.165, 1.54) is 27.7 Å². The molecule has 1 unspecified atom stereocenters. The van der Waals surface area contributed by atoms with Gasteiger partial charge < -0.3 is 14.6 Å². The van der Waals surface area contributed by atoms with Gasteiger partial charge in [-0.15, -0.1) is 0 Å². The molecule has 0 saturated heterocycles. The Kier molecular flexibility index (Phi) is 5.87. The molecule has 2 aromatic rings. The fraction of sp³-hybridized carbons (Fsp3) is 0.500. The van der Waals surface area contributed by atoms with E-state index in [2.05, 4.69) is 29.7 Å². The third kappa shape index (κ3) is 3.31. The number of aryl methyl sites for hydroxylation is 2. The smallest absolute Gasteiger partial charge is 0.747 e. The molecule has 8 heteroatoms. The van der Waals surface area contributed by atoms with Gasteiger partial charge in [-0.05, 0) is 43.9 Å². The van der Waals surface area contributed by atoms with E-state index in [0.717, 1.165) is 25.8 Å². The average Bonchev–Trinajstić information content (AvgIpc) is 2.76. The minimum absolute atomic E-state index is 0. The molecule has 1 aliphatic heterocycles. The van der Waals surface area contributed by atoms with E-state index < -0.39 is 10.1 Å². The van der Waals surface area contributed by atoms with E-state index in [9.17, 15) is 13.0 Å². The predicted molar refractivity (Wildman–Crippen MR) is 87.2 cm³/mol. The van der Waals surface area contributed by atoms with Crippen molar-refractivity contribution in [1.29, 1.82) is 0 Å². The summed E-state index contributed by atoms with van der Waals surface area (Å²) in [6.07, 6.45) is 3.01.